The standard InChI is InChI=1S/C27H31F3N8O3/c1-15(17-5-4-6-17)31-20-19-21(33-22(32-20)23-35-25(39)41-36-23)34-24(38-11-12-40-14-26(38,2)3)37(19)13-16-7-9-18(10-8-16)27(28,29)30/h7-10,15,17H,4-6,11-14H2,1-3H3,(H,31,32,33)(H,35,36,39). The normalized spacial score (nSPS) is 18.4. The fourth-order valence-electron chi connectivity index (χ4n) is 5.40. The number of nitrogens with zero attached hydrogens (tertiary/aromatic N) is 6. The van der Waals surface area contributed by atoms with Gasteiger partial charge in [0, 0.05) is 12.6 Å². The van der Waals surface area contributed by atoms with Crippen LogP contribution in [0, 0.1) is 5.92 Å². The van der Waals surface area contributed by atoms with Crippen molar-refractivity contribution in [3.63, 3.8) is 0 Å². The van der Waals surface area contributed by atoms with Gasteiger partial charge in [-0.05, 0) is 57.2 Å². The van der Waals surface area contributed by atoms with E-state index < -0.39 is 23.0 Å². The molecule has 6 rings (SSSR count). The van der Waals surface area contributed by atoms with Crippen LogP contribution >= 0.6 is 0 Å². The minimum atomic E-state index is -4.43. The number of nitrogens with one attached hydrogen (secondary N) is 2. The van der Waals surface area contributed by atoms with Crippen LogP contribution in [0.3, 0.4) is 0 Å². The third-order valence-electron chi connectivity index (χ3n) is 7.96. The number of halogens is 3. The number of aromatic amines is 1. The summed E-state index contributed by atoms with van der Waals surface area (Å²) >= 11 is 0. The summed E-state index contributed by atoms with van der Waals surface area (Å²) in [6.45, 7) is 7.93. The van der Waals surface area contributed by atoms with E-state index in [0.29, 0.717) is 54.2 Å². The van der Waals surface area contributed by atoms with Crippen LogP contribution in [0.5, 0.6) is 0 Å². The maximum Gasteiger partial charge on any atom is 0.439 e. The molecule has 2 aliphatic rings. The monoisotopic (exact) mass is 572 g/mol. The topological polar surface area (TPSA) is 127 Å². The number of anilines is 2. The van der Waals surface area contributed by atoms with Crippen molar-refractivity contribution in [2.75, 3.05) is 30.0 Å². The first-order valence-electron chi connectivity index (χ1n) is 13.6. The molecule has 3 aromatic heterocycles. The molecule has 0 radical (unpaired) electrons. The van der Waals surface area contributed by atoms with E-state index in [1.807, 2.05) is 18.4 Å². The Bertz CT molecular complexity index is 1600. The number of aromatic nitrogens is 6. The summed E-state index contributed by atoms with van der Waals surface area (Å²) in [4.78, 5) is 30.6. The van der Waals surface area contributed by atoms with Crippen molar-refractivity contribution in [1.29, 1.82) is 0 Å². The first-order valence-corrected chi connectivity index (χ1v) is 13.6. The predicted octanol–water partition coefficient (Wildman–Crippen LogP) is 4.45. The van der Waals surface area contributed by atoms with Gasteiger partial charge >= 0.3 is 11.9 Å². The smallest absolute Gasteiger partial charge is 0.377 e. The van der Waals surface area contributed by atoms with Crippen LogP contribution in [0.1, 0.15) is 51.2 Å². The van der Waals surface area contributed by atoms with E-state index >= 15 is 0 Å². The molecule has 4 aromatic rings. The zero-order valence-corrected chi connectivity index (χ0v) is 23.0. The number of hydrogen-bond donors (Lipinski definition) is 2. The van der Waals surface area contributed by atoms with Gasteiger partial charge < -0.3 is 19.5 Å². The highest BCUT2D eigenvalue weighted by Crippen LogP contribution is 2.36. The van der Waals surface area contributed by atoms with Gasteiger partial charge in [0.15, 0.2) is 11.5 Å². The van der Waals surface area contributed by atoms with Crippen molar-refractivity contribution in [2.45, 2.75) is 64.3 Å². The van der Waals surface area contributed by atoms with Gasteiger partial charge in [-0.1, -0.05) is 23.7 Å². The quantitative estimate of drug-likeness (QED) is 0.330. The Morgan fingerprint density at radius 2 is 1.93 bits per heavy atom. The molecule has 0 amide bonds. The van der Waals surface area contributed by atoms with Gasteiger partial charge in [-0.15, -0.1) is 0 Å². The molecule has 41 heavy (non-hydrogen) atoms. The molecule has 2 N–H and O–H groups in total. The van der Waals surface area contributed by atoms with Crippen LogP contribution in [0.2, 0.25) is 0 Å². The van der Waals surface area contributed by atoms with Gasteiger partial charge in [-0.2, -0.15) is 18.2 Å². The number of alkyl halides is 3. The van der Waals surface area contributed by atoms with E-state index in [9.17, 15) is 18.0 Å². The van der Waals surface area contributed by atoms with E-state index in [0.717, 1.165) is 25.0 Å². The van der Waals surface area contributed by atoms with Crippen LogP contribution < -0.4 is 16.0 Å². The number of imidazole rings is 1. The SMILES string of the molecule is CC(Nc1nc(-c2noc(=O)[nH]2)nc2nc(N3CCOCC3(C)C)n(Cc3ccc(C(F)(F)F)cc3)c12)C1CCC1. The Morgan fingerprint density at radius 3 is 2.54 bits per heavy atom. The number of H-pyrrole nitrogens is 1. The number of hydrogen-bond acceptors (Lipinski definition) is 9. The molecule has 1 aliphatic heterocycles. The second-order valence-electron chi connectivity index (χ2n) is 11.3. The summed E-state index contributed by atoms with van der Waals surface area (Å²) in [6, 6.07) is 5.20. The molecule has 4 heterocycles. The first-order chi connectivity index (χ1) is 19.5. The van der Waals surface area contributed by atoms with Crippen molar-refractivity contribution >= 4 is 22.9 Å². The van der Waals surface area contributed by atoms with Crippen LogP contribution in [0.25, 0.3) is 22.8 Å². The summed E-state index contributed by atoms with van der Waals surface area (Å²) in [5, 5.41) is 7.31. The Kier molecular flexibility index (Phi) is 6.75. The second kappa shape index (κ2) is 10.2. The van der Waals surface area contributed by atoms with Crippen molar-refractivity contribution in [3.05, 3.63) is 45.9 Å². The van der Waals surface area contributed by atoms with Crippen LogP contribution in [0.4, 0.5) is 24.9 Å². The molecular weight excluding hydrogens is 541 g/mol. The molecule has 0 spiro atoms. The average Bonchev–Trinajstić information content (AvgIpc) is 3.46. The zero-order chi connectivity index (χ0) is 28.9. The Hall–Kier alpha value is -3.94. The molecule has 11 nitrogen and oxygen atoms in total. The molecule has 2 fully saturated rings. The van der Waals surface area contributed by atoms with Crippen LogP contribution in [-0.2, 0) is 17.5 Å². The fourth-order valence-corrected chi connectivity index (χ4v) is 5.40. The molecule has 1 unspecified atom stereocenters. The summed E-state index contributed by atoms with van der Waals surface area (Å²) < 4.78 is 52.1. The maximum atomic E-state index is 13.3. The van der Waals surface area contributed by atoms with Gasteiger partial charge in [-0.25, -0.2) is 14.8 Å². The third-order valence-corrected chi connectivity index (χ3v) is 7.96. The minimum Gasteiger partial charge on any atom is -0.377 e. The lowest BCUT2D eigenvalue weighted by Crippen LogP contribution is -2.54. The number of morpholine rings is 1. The average molecular weight is 573 g/mol. The summed E-state index contributed by atoms with van der Waals surface area (Å²) in [7, 11) is 0. The van der Waals surface area contributed by atoms with E-state index in [1.54, 1.807) is 0 Å². The molecule has 14 heteroatoms. The molecule has 1 aromatic carbocycles. The number of ether oxygens (including phenoxy) is 1. The Balaban J connectivity index is 1.53. The molecule has 0 bridgehead atoms. The molecular formula is C27H31F3N8O3. The lowest BCUT2D eigenvalue weighted by atomic mass is 9.80. The molecule has 1 saturated heterocycles. The maximum absolute atomic E-state index is 13.3. The van der Waals surface area contributed by atoms with E-state index in [1.165, 1.54) is 18.6 Å². The van der Waals surface area contributed by atoms with E-state index in [-0.39, 0.29) is 24.2 Å². The van der Waals surface area contributed by atoms with Crippen molar-refractivity contribution in [3.8, 4) is 11.6 Å². The molecule has 1 saturated carbocycles. The first kappa shape index (κ1) is 27.2. The lowest BCUT2D eigenvalue weighted by Gasteiger charge is -2.42. The van der Waals surface area contributed by atoms with E-state index in [4.69, 9.17) is 19.2 Å². The predicted molar refractivity (Wildman–Crippen MR) is 145 cm³/mol. The molecule has 1 atom stereocenters. The Labute approximate surface area is 233 Å². The fraction of sp³-hybridized carbons (Fsp3) is 0.519. The number of rotatable bonds is 7. The minimum absolute atomic E-state index is 0.0711. The highest BCUT2D eigenvalue weighted by Gasteiger charge is 2.36. The number of benzene rings is 1. The number of fused-ring (bicyclic) bond motifs is 1. The zero-order valence-electron chi connectivity index (χ0n) is 23.0. The van der Waals surface area contributed by atoms with Crippen LogP contribution in [0.15, 0.2) is 33.6 Å². The summed E-state index contributed by atoms with van der Waals surface area (Å²) in [5.41, 5.74) is 0.483. The third kappa shape index (κ3) is 5.27. The largest absolute Gasteiger partial charge is 0.439 e. The lowest BCUT2D eigenvalue weighted by molar-refractivity contribution is -0.137. The van der Waals surface area contributed by atoms with Gasteiger partial charge in [0.05, 0.1) is 30.9 Å². The van der Waals surface area contributed by atoms with Gasteiger partial charge in [-0.3, -0.25) is 9.51 Å². The summed E-state index contributed by atoms with van der Waals surface area (Å²) in [6.07, 6.45) is -1.05. The Morgan fingerprint density at radius 1 is 1.17 bits per heavy atom. The summed E-state index contributed by atoms with van der Waals surface area (Å²) in [5.74, 6) is 1.03. The van der Waals surface area contributed by atoms with Crippen molar-refractivity contribution in [1.82, 2.24) is 29.7 Å². The van der Waals surface area contributed by atoms with Gasteiger partial charge in [0.25, 0.3) is 0 Å². The van der Waals surface area contributed by atoms with Gasteiger partial charge in [0.1, 0.15) is 5.52 Å². The molecule has 1 aliphatic carbocycles. The van der Waals surface area contributed by atoms with Crippen molar-refractivity contribution in [2.24, 2.45) is 5.92 Å². The molecule has 218 valence electrons. The second-order valence-corrected chi connectivity index (χ2v) is 11.3. The van der Waals surface area contributed by atoms with Crippen LogP contribution in [-0.4, -0.2) is 61.0 Å². The highest BCUT2D eigenvalue weighted by atomic mass is 19.4. The van der Waals surface area contributed by atoms with Gasteiger partial charge in [0.2, 0.25) is 17.6 Å². The highest BCUT2D eigenvalue weighted by molar-refractivity contribution is 5.87. The van der Waals surface area contributed by atoms with Crippen molar-refractivity contribution < 1.29 is 22.4 Å². The van der Waals surface area contributed by atoms with E-state index in [2.05, 4.69) is 32.3 Å².